The Morgan fingerprint density at radius 2 is 1.97 bits per heavy atom. The largest absolute Gasteiger partial charge is 0.495 e. The molecule has 0 aliphatic heterocycles. The van der Waals surface area contributed by atoms with Crippen molar-refractivity contribution >= 4 is 55.1 Å². The molecule has 0 aliphatic carbocycles. The SMILES string of the molecule is COc1ccc(C)cc1NC(=O)CSc1nc2c(sc3ncccc32)c(=O)n1Cc1ccccc1. The number of thiophene rings is 1. The highest BCUT2D eigenvalue weighted by molar-refractivity contribution is 7.99. The van der Waals surface area contributed by atoms with Crippen molar-refractivity contribution in [3.63, 3.8) is 0 Å². The molecule has 0 aliphatic rings. The van der Waals surface area contributed by atoms with E-state index in [4.69, 9.17) is 9.72 Å². The van der Waals surface area contributed by atoms with E-state index in [-0.39, 0.29) is 17.2 Å². The minimum atomic E-state index is -0.212. The summed E-state index contributed by atoms with van der Waals surface area (Å²) in [5.41, 5.74) is 3.08. The van der Waals surface area contributed by atoms with E-state index in [1.54, 1.807) is 17.9 Å². The highest BCUT2D eigenvalue weighted by Crippen LogP contribution is 2.31. The fraction of sp³-hybridized carbons (Fsp3) is 0.154. The van der Waals surface area contributed by atoms with Gasteiger partial charge in [0, 0.05) is 11.6 Å². The van der Waals surface area contributed by atoms with Crippen LogP contribution in [0.1, 0.15) is 11.1 Å². The van der Waals surface area contributed by atoms with Gasteiger partial charge in [0.1, 0.15) is 15.3 Å². The number of benzene rings is 2. The van der Waals surface area contributed by atoms with Crippen LogP contribution in [0.4, 0.5) is 5.69 Å². The molecule has 3 aromatic heterocycles. The van der Waals surface area contributed by atoms with Crippen molar-refractivity contribution < 1.29 is 9.53 Å². The first kappa shape index (κ1) is 23.1. The Balaban J connectivity index is 1.49. The van der Waals surface area contributed by atoms with Crippen molar-refractivity contribution in [1.82, 2.24) is 14.5 Å². The number of rotatable bonds is 7. The summed E-state index contributed by atoms with van der Waals surface area (Å²) in [5, 5.41) is 4.24. The summed E-state index contributed by atoms with van der Waals surface area (Å²) < 4.78 is 7.56. The number of anilines is 1. The molecule has 2 aromatic carbocycles. The molecule has 5 aromatic rings. The highest BCUT2D eigenvalue weighted by Gasteiger charge is 2.18. The molecule has 1 amide bonds. The topological polar surface area (TPSA) is 86.1 Å². The van der Waals surface area contributed by atoms with Crippen LogP contribution >= 0.6 is 23.1 Å². The smallest absolute Gasteiger partial charge is 0.272 e. The van der Waals surface area contributed by atoms with Gasteiger partial charge in [-0.1, -0.05) is 48.2 Å². The summed E-state index contributed by atoms with van der Waals surface area (Å²) in [6, 6.07) is 19.1. The molecule has 35 heavy (non-hydrogen) atoms. The maximum atomic E-state index is 13.6. The van der Waals surface area contributed by atoms with E-state index >= 15 is 0 Å². The molecule has 0 spiro atoms. The second-order valence-corrected chi connectivity index (χ2v) is 9.89. The van der Waals surface area contributed by atoms with Gasteiger partial charge in [0.15, 0.2) is 5.16 Å². The summed E-state index contributed by atoms with van der Waals surface area (Å²) in [4.78, 5) is 36.4. The fourth-order valence-electron chi connectivity index (χ4n) is 3.79. The molecule has 0 atom stereocenters. The molecule has 9 heteroatoms. The predicted molar refractivity (Wildman–Crippen MR) is 142 cm³/mol. The Hall–Kier alpha value is -3.69. The minimum absolute atomic E-state index is 0.0875. The molecule has 1 N–H and O–H groups in total. The Morgan fingerprint density at radius 3 is 2.77 bits per heavy atom. The van der Waals surface area contributed by atoms with Gasteiger partial charge in [-0.15, -0.1) is 11.3 Å². The number of nitrogens with one attached hydrogen (secondary N) is 1. The number of hydrogen-bond acceptors (Lipinski definition) is 7. The third-order valence-electron chi connectivity index (χ3n) is 5.46. The average molecular weight is 503 g/mol. The number of fused-ring (bicyclic) bond motifs is 3. The lowest BCUT2D eigenvalue weighted by atomic mass is 10.2. The van der Waals surface area contributed by atoms with E-state index in [1.165, 1.54) is 23.1 Å². The molecule has 0 fully saturated rings. The number of aryl methyl sites for hydroxylation is 1. The maximum absolute atomic E-state index is 13.6. The van der Waals surface area contributed by atoms with Gasteiger partial charge in [-0.25, -0.2) is 9.97 Å². The summed E-state index contributed by atoms with van der Waals surface area (Å²) in [6.45, 7) is 2.31. The first-order valence-electron chi connectivity index (χ1n) is 10.9. The molecule has 0 unspecified atom stereocenters. The Morgan fingerprint density at radius 1 is 1.14 bits per heavy atom. The number of hydrogen-bond donors (Lipinski definition) is 1. The second kappa shape index (κ2) is 9.89. The summed E-state index contributed by atoms with van der Waals surface area (Å²) in [7, 11) is 1.57. The van der Waals surface area contributed by atoms with Crippen LogP contribution in [0.25, 0.3) is 20.4 Å². The standard InChI is InChI=1S/C26H22N4O3S2/c1-16-10-11-20(33-2)19(13-16)28-21(31)15-34-26-29-22-18-9-6-12-27-24(18)35-23(22)25(32)30(26)14-17-7-4-3-5-8-17/h3-13H,14-15H2,1-2H3,(H,28,31). The molecule has 0 saturated carbocycles. The van der Waals surface area contributed by atoms with Gasteiger partial charge in [-0.05, 0) is 42.3 Å². The van der Waals surface area contributed by atoms with E-state index < -0.39 is 0 Å². The molecule has 176 valence electrons. The number of ether oxygens (including phenoxy) is 1. The van der Waals surface area contributed by atoms with Crippen LogP contribution < -0.4 is 15.6 Å². The number of nitrogens with zero attached hydrogens (tertiary/aromatic N) is 3. The summed E-state index contributed by atoms with van der Waals surface area (Å²) in [5.74, 6) is 0.465. The van der Waals surface area contributed by atoms with Crippen LogP contribution in [0.2, 0.25) is 0 Å². The fourth-order valence-corrected chi connectivity index (χ4v) is 5.62. The minimum Gasteiger partial charge on any atom is -0.495 e. The van der Waals surface area contributed by atoms with Gasteiger partial charge in [0.2, 0.25) is 5.91 Å². The van der Waals surface area contributed by atoms with Gasteiger partial charge >= 0.3 is 0 Å². The number of carbonyl (C=O) groups excluding carboxylic acids is 1. The number of aromatic nitrogens is 3. The first-order chi connectivity index (χ1) is 17.0. The molecule has 0 bridgehead atoms. The van der Waals surface area contributed by atoms with Gasteiger partial charge in [-0.2, -0.15) is 0 Å². The summed E-state index contributed by atoms with van der Waals surface area (Å²) >= 11 is 2.58. The number of carbonyl (C=O) groups is 1. The lowest BCUT2D eigenvalue weighted by Crippen LogP contribution is -2.24. The van der Waals surface area contributed by atoms with Gasteiger partial charge in [0.05, 0.1) is 30.6 Å². The molecular formula is C26H22N4O3S2. The number of amides is 1. The predicted octanol–water partition coefficient (Wildman–Crippen LogP) is 5.10. The van der Waals surface area contributed by atoms with Crippen LogP contribution in [-0.4, -0.2) is 33.3 Å². The first-order valence-corrected chi connectivity index (χ1v) is 12.7. The van der Waals surface area contributed by atoms with Gasteiger partial charge in [0.25, 0.3) is 5.56 Å². The Labute approximate surface area is 209 Å². The van der Waals surface area contributed by atoms with Gasteiger partial charge in [-0.3, -0.25) is 14.2 Å². The van der Waals surface area contributed by atoms with Crippen molar-refractivity contribution in [3.8, 4) is 5.75 Å². The third-order valence-corrected chi connectivity index (χ3v) is 7.53. The van der Waals surface area contributed by atoms with E-state index in [0.717, 1.165) is 21.3 Å². The van der Waals surface area contributed by atoms with Gasteiger partial charge < -0.3 is 10.1 Å². The lowest BCUT2D eigenvalue weighted by Gasteiger charge is -2.13. The molecule has 3 heterocycles. The number of pyridine rings is 1. The maximum Gasteiger partial charge on any atom is 0.272 e. The normalized spacial score (nSPS) is 11.1. The number of methoxy groups -OCH3 is 1. The van der Waals surface area contributed by atoms with E-state index in [1.807, 2.05) is 67.6 Å². The van der Waals surface area contributed by atoms with Crippen molar-refractivity contribution in [1.29, 1.82) is 0 Å². The van der Waals surface area contributed by atoms with Crippen LogP contribution in [0.3, 0.4) is 0 Å². The van der Waals surface area contributed by atoms with E-state index in [9.17, 15) is 9.59 Å². The monoisotopic (exact) mass is 502 g/mol. The van der Waals surface area contributed by atoms with Crippen molar-refractivity contribution in [2.45, 2.75) is 18.6 Å². The zero-order chi connectivity index (χ0) is 24.4. The molecule has 0 radical (unpaired) electrons. The molecular weight excluding hydrogens is 480 g/mol. The van der Waals surface area contributed by atoms with Crippen LogP contribution in [0.15, 0.2) is 76.8 Å². The summed E-state index contributed by atoms with van der Waals surface area (Å²) in [6.07, 6.45) is 1.71. The van der Waals surface area contributed by atoms with Crippen LogP contribution in [0.5, 0.6) is 5.75 Å². The molecule has 5 rings (SSSR count). The van der Waals surface area contributed by atoms with E-state index in [2.05, 4.69) is 10.3 Å². The van der Waals surface area contributed by atoms with Crippen molar-refractivity contribution in [3.05, 3.63) is 88.3 Å². The zero-order valence-corrected chi connectivity index (χ0v) is 20.8. The lowest BCUT2D eigenvalue weighted by molar-refractivity contribution is -0.113. The molecule has 0 saturated heterocycles. The quantitative estimate of drug-likeness (QED) is 0.246. The average Bonchev–Trinajstić information content (AvgIpc) is 3.24. The van der Waals surface area contributed by atoms with E-state index in [0.29, 0.717) is 33.4 Å². The Bertz CT molecular complexity index is 1600. The van der Waals surface area contributed by atoms with Crippen molar-refractivity contribution in [2.24, 2.45) is 0 Å². The zero-order valence-electron chi connectivity index (χ0n) is 19.1. The highest BCUT2D eigenvalue weighted by atomic mass is 32.2. The third kappa shape index (κ3) is 4.78. The van der Waals surface area contributed by atoms with Crippen LogP contribution in [0, 0.1) is 6.92 Å². The van der Waals surface area contributed by atoms with Crippen molar-refractivity contribution in [2.75, 3.05) is 18.2 Å². The number of thioether (sulfide) groups is 1. The van der Waals surface area contributed by atoms with Crippen LogP contribution in [-0.2, 0) is 11.3 Å². The second-order valence-electron chi connectivity index (χ2n) is 7.95. The molecule has 7 nitrogen and oxygen atoms in total. The Kier molecular flexibility index (Phi) is 6.52.